The first-order chi connectivity index (χ1) is 7.62. The third-order valence-electron chi connectivity index (χ3n) is 1.21. The minimum absolute atomic E-state index is 0.0278. The van der Waals surface area contributed by atoms with Crippen LogP contribution in [-0.2, 0) is 19.0 Å². The second-order valence-electron chi connectivity index (χ2n) is 2.67. The predicted octanol–water partition coefficient (Wildman–Crippen LogP) is 1.87. The van der Waals surface area contributed by atoms with Crippen LogP contribution in [0.3, 0.4) is 0 Å². The van der Waals surface area contributed by atoms with Gasteiger partial charge in [-0.05, 0) is 20.8 Å². The molecule has 0 unspecified atom stereocenters. The molecule has 5 heteroatoms. The zero-order valence-electron chi connectivity index (χ0n) is 10.5. The normalized spacial score (nSPS) is 9.25. The molecule has 0 bridgehead atoms. The molecule has 0 aliphatic rings. The highest BCUT2D eigenvalue weighted by atomic mass is 16.8. The van der Waals surface area contributed by atoms with Crippen LogP contribution in [0, 0.1) is 6.57 Å². The van der Waals surface area contributed by atoms with E-state index in [-0.39, 0.29) is 12.3 Å². The average Bonchev–Trinajstić information content (AvgIpc) is 2.19. The Morgan fingerprint density at radius 2 is 1.50 bits per heavy atom. The standard InChI is InChI=1S/C7H16O3.C4H5NO/c1-4-8-7(9-5-2)10-6-3;1-4(6)3-5-2/h7H,4-6H2,1-3H3;3H2,1H3. The Morgan fingerprint density at radius 1 is 1.12 bits per heavy atom. The molecule has 0 atom stereocenters. The molecular formula is C11H21NO4. The second-order valence-corrected chi connectivity index (χ2v) is 2.67. The summed E-state index contributed by atoms with van der Waals surface area (Å²) in [5, 5.41) is 0. The summed E-state index contributed by atoms with van der Waals surface area (Å²) in [6.07, 6.45) is 0. The van der Waals surface area contributed by atoms with E-state index < -0.39 is 6.48 Å². The van der Waals surface area contributed by atoms with E-state index >= 15 is 0 Å². The molecular weight excluding hydrogens is 210 g/mol. The van der Waals surface area contributed by atoms with E-state index in [4.69, 9.17) is 20.8 Å². The summed E-state index contributed by atoms with van der Waals surface area (Å²) in [6.45, 7) is 14.7. The molecule has 0 radical (unpaired) electrons. The summed E-state index contributed by atoms with van der Waals surface area (Å²) in [5.41, 5.74) is 0. The van der Waals surface area contributed by atoms with E-state index in [0.717, 1.165) is 0 Å². The van der Waals surface area contributed by atoms with Crippen LogP contribution in [0.5, 0.6) is 0 Å². The lowest BCUT2D eigenvalue weighted by molar-refractivity contribution is -0.282. The molecule has 0 N–H and O–H groups in total. The summed E-state index contributed by atoms with van der Waals surface area (Å²) in [7, 11) is 0. The van der Waals surface area contributed by atoms with E-state index in [1.54, 1.807) is 0 Å². The molecule has 5 nitrogen and oxygen atoms in total. The Labute approximate surface area is 97.5 Å². The topological polar surface area (TPSA) is 49.1 Å². The number of ether oxygens (including phenoxy) is 3. The minimum Gasteiger partial charge on any atom is -0.330 e. The Bertz CT molecular complexity index is 186. The van der Waals surface area contributed by atoms with Gasteiger partial charge in [-0.1, -0.05) is 0 Å². The Hall–Kier alpha value is -0.960. The van der Waals surface area contributed by atoms with Crippen molar-refractivity contribution in [1.29, 1.82) is 0 Å². The third-order valence-corrected chi connectivity index (χ3v) is 1.21. The Morgan fingerprint density at radius 3 is 1.62 bits per heavy atom. The van der Waals surface area contributed by atoms with Crippen LogP contribution in [0.1, 0.15) is 27.7 Å². The highest BCUT2D eigenvalue weighted by molar-refractivity contribution is 5.78. The molecule has 0 saturated heterocycles. The fraction of sp³-hybridized carbons (Fsp3) is 0.818. The zero-order chi connectivity index (χ0) is 12.8. The fourth-order valence-corrected chi connectivity index (χ4v) is 0.664. The number of Topliss-reactive ketones (excluding diaryl/α,β-unsaturated/α-hetero) is 1. The third kappa shape index (κ3) is 15.5. The molecule has 0 amide bonds. The molecule has 0 fully saturated rings. The van der Waals surface area contributed by atoms with Gasteiger partial charge in [0, 0.05) is 26.7 Å². The van der Waals surface area contributed by atoms with Gasteiger partial charge in [-0.3, -0.25) is 4.79 Å². The van der Waals surface area contributed by atoms with Crippen molar-refractivity contribution in [2.75, 3.05) is 26.4 Å². The van der Waals surface area contributed by atoms with Crippen LogP contribution in [-0.4, -0.2) is 38.6 Å². The summed E-state index contributed by atoms with van der Waals surface area (Å²) in [5.74, 6) is -0.0648. The van der Waals surface area contributed by atoms with E-state index in [2.05, 4.69) is 4.85 Å². The maximum atomic E-state index is 9.83. The number of carbonyl (C=O) groups is 1. The molecule has 0 heterocycles. The van der Waals surface area contributed by atoms with Crippen molar-refractivity contribution in [2.45, 2.75) is 34.2 Å². The van der Waals surface area contributed by atoms with E-state index in [1.807, 2.05) is 20.8 Å². The predicted molar refractivity (Wildman–Crippen MR) is 60.8 cm³/mol. The van der Waals surface area contributed by atoms with E-state index in [1.165, 1.54) is 6.92 Å². The number of rotatable bonds is 7. The first-order valence-corrected chi connectivity index (χ1v) is 5.29. The lowest BCUT2D eigenvalue weighted by Gasteiger charge is -2.15. The second kappa shape index (κ2) is 14.0. The maximum Gasteiger partial charge on any atom is 0.271 e. The maximum absolute atomic E-state index is 9.83. The number of nitrogens with zero attached hydrogens (tertiary/aromatic N) is 1. The number of hydrogen-bond acceptors (Lipinski definition) is 4. The van der Waals surface area contributed by atoms with Crippen molar-refractivity contribution in [2.24, 2.45) is 0 Å². The van der Waals surface area contributed by atoms with Gasteiger partial charge in [0.2, 0.25) is 5.78 Å². The van der Waals surface area contributed by atoms with Gasteiger partial charge in [-0.25, -0.2) is 6.57 Å². The van der Waals surface area contributed by atoms with Gasteiger partial charge in [-0.15, -0.1) is 0 Å². The van der Waals surface area contributed by atoms with Crippen molar-refractivity contribution < 1.29 is 19.0 Å². The van der Waals surface area contributed by atoms with Gasteiger partial charge in [0.25, 0.3) is 13.0 Å². The summed E-state index contributed by atoms with van der Waals surface area (Å²) >= 11 is 0. The average molecular weight is 231 g/mol. The van der Waals surface area contributed by atoms with Gasteiger partial charge in [-0.2, -0.15) is 0 Å². The van der Waals surface area contributed by atoms with Crippen LogP contribution in [0.2, 0.25) is 0 Å². The number of ketones is 1. The van der Waals surface area contributed by atoms with Crippen molar-refractivity contribution >= 4 is 5.78 Å². The lowest BCUT2D eigenvalue weighted by atomic mass is 10.5. The van der Waals surface area contributed by atoms with Gasteiger partial charge in [0.15, 0.2) is 0 Å². The van der Waals surface area contributed by atoms with Crippen molar-refractivity contribution in [3.8, 4) is 0 Å². The fourth-order valence-electron chi connectivity index (χ4n) is 0.664. The molecule has 0 aromatic heterocycles. The first kappa shape index (κ1) is 17.4. The van der Waals surface area contributed by atoms with Crippen LogP contribution in [0.15, 0.2) is 0 Å². The number of hydrogen-bond donors (Lipinski definition) is 0. The van der Waals surface area contributed by atoms with E-state index in [0.29, 0.717) is 19.8 Å². The summed E-state index contributed by atoms with van der Waals surface area (Å²) in [6, 6.07) is 0. The van der Waals surface area contributed by atoms with Crippen molar-refractivity contribution in [1.82, 2.24) is 0 Å². The molecule has 0 rings (SSSR count). The van der Waals surface area contributed by atoms with E-state index in [9.17, 15) is 4.79 Å². The zero-order valence-corrected chi connectivity index (χ0v) is 10.5. The van der Waals surface area contributed by atoms with Crippen LogP contribution < -0.4 is 0 Å². The SMILES string of the molecule is CCOC(OCC)OCC.[C-]#[N+]CC(C)=O. The van der Waals surface area contributed by atoms with Crippen LogP contribution in [0.25, 0.3) is 4.85 Å². The van der Waals surface area contributed by atoms with Gasteiger partial charge < -0.3 is 19.1 Å². The van der Waals surface area contributed by atoms with Gasteiger partial charge in [0.1, 0.15) is 0 Å². The molecule has 0 aromatic carbocycles. The largest absolute Gasteiger partial charge is 0.330 e. The molecule has 0 aliphatic carbocycles. The van der Waals surface area contributed by atoms with Crippen molar-refractivity contribution in [3.05, 3.63) is 11.4 Å². The summed E-state index contributed by atoms with van der Waals surface area (Å²) in [4.78, 5) is 12.7. The lowest BCUT2D eigenvalue weighted by Crippen LogP contribution is -2.20. The number of carbonyl (C=O) groups excluding carboxylic acids is 1. The van der Waals surface area contributed by atoms with Gasteiger partial charge in [0.05, 0.1) is 0 Å². The summed E-state index contributed by atoms with van der Waals surface area (Å²) < 4.78 is 15.2. The highest BCUT2D eigenvalue weighted by Gasteiger charge is 2.04. The molecule has 0 saturated carbocycles. The first-order valence-electron chi connectivity index (χ1n) is 5.29. The smallest absolute Gasteiger partial charge is 0.271 e. The highest BCUT2D eigenvalue weighted by Crippen LogP contribution is 1.95. The Kier molecular flexibility index (Phi) is 15.3. The molecule has 0 aromatic rings. The quantitative estimate of drug-likeness (QED) is 0.496. The molecule has 16 heavy (non-hydrogen) atoms. The monoisotopic (exact) mass is 231 g/mol. The minimum atomic E-state index is -0.472. The molecule has 94 valence electrons. The Balaban J connectivity index is 0. The van der Waals surface area contributed by atoms with Crippen LogP contribution in [0.4, 0.5) is 0 Å². The van der Waals surface area contributed by atoms with Gasteiger partial charge >= 0.3 is 0 Å². The molecule has 0 spiro atoms. The molecule has 0 aliphatic heterocycles. The van der Waals surface area contributed by atoms with Crippen molar-refractivity contribution in [3.63, 3.8) is 0 Å². The van der Waals surface area contributed by atoms with Crippen LogP contribution >= 0.6 is 0 Å².